The van der Waals surface area contributed by atoms with Gasteiger partial charge in [0, 0.05) is 50.2 Å². The Balaban J connectivity index is 1.44. The van der Waals surface area contributed by atoms with Gasteiger partial charge in [0.15, 0.2) is 0 Å². The van der Waals surface area contributed by atoms with Crippen LogP contribution in [0, 0.1) is 5.41 Å². The topological polar surface area (TPSA) is 47.5 Å². The molecule has 2 aromatic heterocycles. The summed E-state index contributed by atoms with van der Waals surface area (Å²) in [6, 6.07) is 8.06. The van der Waals surface area contributed by atoms with Crippen LogP contribution in [0.5, 0.6) is 5.75 Å². The summed E-state index contributed by atoms with van der Waals surface area (Å²) in [6.45, 7) is 4.58. The van der Waals surface area contributed by atoms with Crippen LogP contribution in [-0.4, -0.2) is 47.3 Å². The lowest BCUT2D eigenvalue weighted by Crippen LogP contribution is -2.52. The summed E-state index contributed by atoms with van der Waals surface area (Å²) in [5.74, 6) is 0.837. The molecule has 0 bridgehead atoms. The molecule has 2 fully saturated rings. The van der Waals surface area contributed by atoms with Crippen molar-refractivity contribution in [2.75, 3.05) is 26.3 Å². The average molecular weight is 325 g/mol. The SMILES string of the molecule is c1cncc(OC[C@]23CCO[C@H]2CCN(Cc2ccncc2)C3)c1. The lowest BCUT2D eigenvalue weighted by molar-refractivity contribution is -0.0414. The Bertz CT molecular complexity index is 652. The predicted octanol–water partition coefficient (Wildman–Crippen LogP) is 2.54. The van der Waals surface area contributed by atoms with Crippen molar-refractivity contribution in [2.45, 2.75) is 25.5 Å². The summed E-state index contributed by atoms with van der Waals surface area (Å²) in [7, 11) is 0. The quantitative estimate of drug-likeness (QED) is 0.845. The zero-order chi connectivity index (χ0) is 16.2. The van der Waals surface area contributed by atoms with Crippen LogP contribution in [0.4, 0.5) is 0 Å². The maximum Gasteiger partial charge on any atom is 0.137 e. The standard InChI is InChI=1S/C19H23N3O2/c1-2-17(12-21-7-1)24-15-19-6-11-23-18(19)5-10-22(14-19)13-16-3-8-20-9-4-16/h1-4,7-9,12,18H,5-6,10-11,13-15H2/t18-,19+/m0/s1. The third kappa shape index (κ3) is 3.28. The molecule has 126 valence electrons. The summed E-state index contributed by atoms with van der Waals surface area (Å²) < 4.78 is 12.1. The van der Waals surface area contributed by atoms with E-state index < -0.39 is 0 Å². The monoisotopic (exact) mass is 325 g/mol. The van der Waals surface area contributed by atoms with Gasteiger partial charge in [-0.3, -0.25) is 14.9 Å². The van der Waals surface area contributed by atoms with Crippen molar-refractivity contribution in [3.63, 3.8) is 0 Å². The first-order valence-electron chi connectivity index (χ1n) is 8.60. The number of nitrogens with zero attached hydrogens (tertiary/aromatic N) is 3. The summed E-state index contributed by atoms with van der Waals surface area (Å²) >= 11 is 0. The average Bonchev–Trinajstić information content (AvgIpc) is 3.05. The molecule has 0 unspecified atom stereocenters. The molecular weight excluding hydrogens is 302 g/mol. The van der Waals surface area contributed by atoms with Gasteiger partial charge >= 0.3 is 0 Å². The van der Waals surface area contributed by atoms with Gasteiger partial charge in [0.1, 0.15) is 5.75 Å². The van der Waals surface area contributed by atoms with E-state index in [1.54, 1.807) is 12.4 Å². The first-order valence-corrected chi connectivity index (χ1v) is 8.60. The van der Waals surface area contributed by atoms with Gasteiger partial charge in [-0.2, -0.15) is 0 Å². The van der Waals surface area contributed by atoms with Crippen molar-refractivity contribution in [1.82, 2.24) is 14.9 Å². The van der Waals surface area contributed by atoms with E-state index in [0.717, 1.165) is 44.8 Å². The predicted molar refractivity (Wildman–Crippen MR) is 90.7 cm³/mol. The van der Waals surface area contributed by atoms with Gasteiger partial charge in [-0.05, 0) is 42.7 Å². The highest BCUT2D eigenvalue weighted by atomic mass is 16.5. The number of rotatable bonds is 5. The maximum atomic E-state index is 6.07. The van der Waals surface area contributed by atoms with Gasteiger partial charge in [-0.25, -0.2) is 0 Å². The Labute approximate surface area is 142 Å². The van der Waals surface area contributed by atoms with Gasteiger partial charge in [-0.1, -0.05) is 0 Å². The van der Waals surface area contributed by atoms with Crippen molar-refractivity contribution < 1.29 is 9.47 Å². The van der Waals surface area contributed by atoms with Gasteiger partial charge < -0.3 is 9.47 Å². The number of ether oxygens (including phenoxy) is 2. The molecular formula is C19H23N3O2. The van der Waals surface area contributed by atoms with E-state index in [1.807, 2.05) is 24.5 Å². The molecule has 2 aliphatic heterocycles. The molecule has 2 saturated heterocycles. The molecule has 5 nitrogen and oxygen atoms in total. The van der Waals surface area contributed by atoms with E-state index >= 15 is 0 Å². The minimum Gasteiger partial charge on any atom is -0.491 e. The van der Waals surface area contributed by atoms with Crippen molar-refractivity contribution in [3.8, 4) is 5.75 Å². The van der Waals surface area contributed by atoms with Crippen LogP contribution >= 0.6 is 0 Å². The number of piperidine rings is 1. The smallest absolute Gasteiger partial charge is 0.137 e. The largest absolute Gasteiger partial charge is 0.491 e. The van der Waals surface area contributed by atoms with Crippen LogP contribution in [0.25, 0.3) is 0 Å². The van der Waals surface area contributed by atoms with Crippen molar-refractivity contribution in [3.05, 3.63) is 54.6 Å². The zero-order valence-electron chi connectivity index (χ0n) is 13.8. The van der Waals surface area contributed by atoms with Crippen LogP contribution in [0.15, 0.2) is 49.1 Å². The molecule has 4 heterocycles. The molecule has 0 aromatic carbocycles. The summed E-state index contributed by atoms with van der Waals surface area (Å²) in [4.78, 5) is 10.8. The highest BCUT2D eigenvalue weighted by Crippen LogP contribution is 2.41. The maximum absolute atomic E-state index is 6.07. The second-order valence-electron chi connectivity index (χ2n) is 6.80. The fourth-order valence-electron chi connectivity index (χ4n) is 3.89. The van der Waals surface area contributed by atoms with E-state index in [-0.39, 0.29) is 5.41 Å². The molecule has 24 heavy (non-hydrogen) atoms. The highest BCUT2D eigenvalue weighted by molar-refractivity contribution is 5.16. The first-order chi connectivity index (χ1) is 11.8. The third-order valence-electron chi connectivity index (χ3n) is 5.16. The van der Waals surface area contributed by atoms with Gasteiger partial charge in [-0.15, -0.1) is 0 Å². The lowest BCUT2D eigenvalue weighted by atomic mass is 9.77. The highest BCUT2D eigenvalue weighted by Gasteiger charge is 2.48. The summed E-state index contributed by atoms with van der Waals surface area (Å²) in [5.41, 5.74) is 1.40. The molecule has 0 amide bonds. The molecule has 0 saturated carbocycles. The van der Waals surface area contributed by atoms with Crippen LogP contribution in [0.3, 0.4) is 0 Å². The fourth-order valence-corrected chi connectivity index (χ4v) is 3.89. The Kier molecular flexibility index (Phi) is 4.45. The Hall–Kier alpha value is -1.98. The number of hydrogen-bond acceptors (Lipinski definition) is 5. The van der Waals surface area contributed by atoms with Crippen LogP contribution in [-0.2, 0) is 11.3 Å². The van der Waals surface area contributed by atoms with E-state index in [4.69, 9.17) is 9.47 Å². The molecule has 2 aromatic rings. The van der Waals surface area contributed by atoms with Crippen molar-refractivity contribution in [1.29, 1.82) is 0 Å². The number of aromatic nitrogens is 2. The fraction of sp³-hybridized carbons (Fsp3) is 0.474. The van der Waals surface area contributed by atoms with Crippen molar-refractivity contribution in [2.24, 2.45) is 5.41 Å². The summed E-state index contributed by atoms with van der Waals surface area (Å²) in [5, 5.41) is 0. The van der Waals surface area contributed by atoms with Gasteiger partial charge in [0.25, 0.3) is 0 Å². The minimum atomic E-state index is 0.0844. The lowest BCUT2D eigenvalue weighted by Gasteiger charge is -2.43. The van der Waals surface area contributed by atoms with E-state index in [0.29, 0.717) is 12.7 Å². The number of hydrogen-bond donors (Lipinski definition) is 0. The van der Waals surface area contributed by atoms with Gasteiger partial charge in [0.05, 0.1) is 18.9 Å². The molecule has 0 N–H and O–H groups in total. The van der Waals surface area contributed by atoms with Gasteiger partial charge in [0.2, 0.25) is 0 Å². The zero-order valence-corrected chi connectivity index (χ0v) is 13.8. The van der Waals surface area contributed by atoms with Crippen LogP contribution in [0.1, 0.15) is 18.4 Å². The normalized spacial score (nSPS) is 26.9. The molecule has 0 spiro atoms. The Morgan fingerprint density at radius 3 is 2.96 bits per heavy atom. The molecule has 2 atom stereocenters. The molecule has 0 radical (unpaired) electrons. The van der Waals surface area contributed by atoms with Crippen LogP contribution in [0.2, 0.25) is 0 Å². The van der Waals surface area contributed by atoms with E-state index in [9.17, 15) is 0 Å². The molecule has 5 heteroatoms. The number of likely N-dealkylation sites (tertiary alicyclic amines) is 1. The van der Waals surface area contributed by atoms with Crippen LogP contribution < -0.4 is 4.74 Å². The Morgan fingerprint density at radius 1 is 1.21 bits per heavy atom. The molecule has 4 rings (SSSR count). The second kappa shape index (κ2) is 6.87. The number of fused-ring (bicyclic) bond motifs is 1. The Morgan fingerprint density at radius 2 is 2.12 bits per heavy atom. The second-order valence-corrected chi connectivity index (χ2v) is 6.80. The minimum absolute atomic E-state index is 0.0844. The molecule has 2 aliphatic rings. The van der Waals surface area contributed by atoms with E-state index in [1.165, 1.54) is 5.56 Å². The van der Waals surface area contributed by atoms with Crippen molar-refractivity contribution >= 4 is 0 Å². The third-order valence-corrected chi connectivity index (χ3v) is 5.16. The summed E-state index contributed by atoms with van der Waals surface area (Å²) in [6.07, 6.45) is 9.71. The van der Waals surface area contributed by atoms with E-state index in [2.05, 4.69) is 27.0 Å². The number of pyridine rings is 2. The first kappa shape index (κ1) is 15.5. The molecule has 0 aliphatic carbocycles.